The number of ether oxygens (including phenoxy) is 2. The quantitative estimate of drug-likeness (QED) is 0.828. The van der Waals surface area contributed by atoms with E-state index >= 15 is 0 Å². The number of piperazine rings is 1. The van der Waals surface area contributed by atoms with Gasteiger partial charge in [0.1, 0.15) is 17.2 Å². The fraction of sp³-hybridized carbons (Fsp3) is 0.650. The van der Waals surface area contributed by atoms with Crippen molar-refractivity contribution in [3.63, 3.8) is 0 Å². The Morgan fingerprint density at radius 2 is 2.07 bits per heavy atom. The molecule has 1 saturated carbocycles. The second kappa shape index (κ2) is 7.95. The number of rotatable bonds is 5. The molecule has 0 atom stereocenters. The number of pyridine rings is 1. The SMILES string of the molecule is CC1(OC(=O)N2CCC(COc3ccc(N4CCNCC4=O)nc3)CC2)CC1. The molecule has 0 aromatic carbocycles. The first-order valence-corrected chi connectivity index (χ1v) is 10.1. The molecule has 3 fully saturated rings. The summed E-state index contributed by atoms with van der Waals surface area (Å²) in [5, 5.41) is 3.05. The predicted molar refractivity (Wildman–Crippen MR) is 103 cm³/mol. The van der Waals surface area contributed by atoms with E-state index in [2.05, 4.69) is 10.3 Å². The zero-order valence-electron chi connectivity index (χ0n) is 16.4. The first kappa shape index (κ1) is 19.0. The fourth-order valence-corrected chi connectivity index (χ4v) is 3.52. The van der Waals surface area contributed by atoms with E-state index in [-0.39, 0.29) is 17.6 Å². The molecule has 3 aliphatic rings. The molecule has 8 nitrogen and oxygen atoms in total. The smallest absolute Gasteiger partial charge is 0.410 e. The van der Waals surface area contributed by atoms with Crippen LogP contribution >= 0.6 is 0 Å². The topological polar surface area (TPSA) is 84.0 Å². The molecule has 1 N–H and O–H groups in total. The van der Waals surface area contributed by atoms with Crippen LogP contribution in [0.15, 0.2) is 18.3 Å². The Kier molecular flexibility index (Phi) is 5.39. The van der Waals surface area contributed by atoms with Crippen molar-refractivity contribution in [1.29, 1.82) is 0 Å². The van der Waals surface area contributed by atoms with Crippen molar-refractivity contribution in [2.45, 2.75) is 38.2 Å². The number of piperidine rings is 1. The van der Waals surface area contributed by atoms with Gasteiger partial charge in [-0.2, -0.15) is 0 Å². The fourth-order valence-electron chi connectivity index (χ4n) is 3.52. The van der Waals surface area contributed by atoms with E-state index in [1.807, 2.05) is 19.1 Å². The number of carbonyl (C=O) groups is 2. The molecule has 0 radical (unpaired) electrons. The van der Waals surface area contributed by atoms with Crippen molar-refractivity contribution >= 4 is 17.8 Å². The van der Waals surface area contributed by atoms with Crippen molar-refractivity contribution in [2.75, 3.05) is 44.2 Å². The van der Waals surface area contributed by atoms with Gasteiger partial charge in [-0.3, -0.25) is 9.69 Å². The normalized spacial score (nSPS) is 22.1. The third-order valence-electron chi connectivity index (χ3n) is 5.73. The van der Waals surface area contributed by atoms with E-state index in [4.69, 9.17) is 9.47 Å². The lowest BCUT2D eigenvalue weighted by molar-refractivity contribution is -0.118. The molecule has 3 heterocycles. The van der Waals surface area contributed by atoms with E-state index in [0.29, 0.717) is 50.3 Å². The second-order valence-corrected chi connectivity index (χ2v) is 8.13. The zero-order valence-corrected chi connectivity index (χ0v) is 16.4. The summed E-state index contributed by atoms with van der Waals surface area (Å²) in [4.78, 5) is 32.0. The average molecular weight is 388 g/mol. The van der Waals surface area contributed by atoms with Gasteiger partial charge in [0, 0.05) is 26.2 Å². The maximum Gasteiger partial charge on any atom is 0.410 e. The van der Waals surface area contributed by atoms with Crippen molar-refractivity contribution < 1.29 is 19.1 Å². The van der Waals surface area contributed by atoms with Crippen LogP contribution in [0.1, 0.15) is 32.6 Å². The molecule has 2 saturated heterocycles. The van der Waals surface area contributed by atoms with Gasteiger partial charge in [0.05, 0.1) is 19.3 Å². The molecular weight excluding hydrogens is 360 g/mol. The van der Waals surface area contributed by atoms with Crippen molar-refractivity contribution in [3.8, 4) is 5.75 Å². The molecule has 0 bridgehead atoms. The van der Waals surface area contributed by atoms with Crippen LogP contribution in [0.5, 0.6) is 5.75 Å². The minimum absolute atomic E-state index is 0.0355. The van der Waals surface area contributed by atoms with Gasteiger partial charge in [-0.05, 0) is 50.7 Å². The van der Waals surface area contributed by atoms with Gasteiger partial charge in [-0.15, -0.1) is 0 Å². The van der Waals surface area contributed by atoms with Crippen LogP contribution in [-0.4, -0.2) is 66.8 Å². The van der Waals surface area contributed by atoms with Crippen LogP contribution in [-0.2, 0) is 9.53 Å². The van der Waals surface area contributed by atoms with Crippen molar-refractivity contribution in [1.82, 2.24) is 15.2 Å². The monoisotopic (exact) mass is 388 g/mol. The number of anilines is 1. The minimum atomic E-state index is -0.217. The molecule has 1 aromatic heterocycles. The summed E-state index contributed by atoms with van der Waals surface area (Å²) in [6.45, 7) is 5.78. The van der Waals surface area contributed by atoms with Crippen LogP contribution in [0.3, 0.4) is 0 Å². The number of amides is 2. The van der Waals surface area contributed by atoms with Gasteiger partial charge in [0.2, 0.25) is 5.91 Å². The summed E-state index contributed by atoms with van der Waals surface area (Å²) in [6, 6.07) is 3.69. The van der Waals surface area contributed by atoms with Crippen LogP contribution in [0.25, 0.3) is 0 Å². The Balaban J connectivity index is 1.21. The molecule has 1 aromatic rings. The van der Waals surface area contributed by atoms with E-state index in [0.717, 1.165) is 32.2 Å². The lowest BCUT2D eigenvalue weighted by Gasteiger charge is -2.32. The first-order valence-electron chi connectivity index (χ1n) is 10.1. The Morgan fingerprint density at radius 1 is 1.29 bits per heavy atom. The lowest BCUT2D eigenvalue weighted by atomic mass is 9.98. The third-order valence-corrected chi connectivity index (χ3v) is 5.73. The summed E-state index contributed by atoms with van der Waals surface area (Å²) < 4.78 is 11.4. The molecule has 152 valence electrons. The van der Waals surface area contributed by atoms with Gasteiger partial charge in [-0.25, -0.2) is 9.78 Å². The third kappa shape index (κ3) is 4.55. The molecule has 2 amide bonds. The first-order chi connectivity index (χ1) is 13.5. The number of hydrogen-bond acceptors (Lipinski definition) is 6. The molecule has 28 heavy (non-hydrogen) atoms. The second-order valence-electron chi connectivity index (χ2n) is 8.13. The molecule has 0 spiro atoms. The van der Waals surface area contributed by atoms with Gasteiger partial charge < -0.3 is 19.7 Å². The highest BCUT2D eigenvalue weighted by Crippen LogP contribution is 2.39. The highest BCUT2D eigenvalue weighted by molar-refractivity contribution is 5.94. The van der Waals surface area contributed by atoms with Gasteiger partial charge >= 0.3 is 6.09 Å². The Bertz CT molecular complexity index is 711. The standard InChI is InChI=1S/C20H28N4O4/c1-20(6-7-20)28-19(26)23-9-4-15(5-10-23)14-27-16-2-3-17(22-12-16)24-11-8-21-13-18(24)25/h2-3,12,15,21H,4-11,13-14H2,1H3. The number of hydrogen-bond donors (Lipinski definition) is 1. The molecular formula is C20H28N4O4. The van der Waals surface area contributed by atoms with E-state index in [9.17, 15) is 9.59 Å². The highest BCUT2D eigenvalue weighted by atomic mass is 16.6. The van der Waals surface area contributed by atoms with Crippen LogP contribution in [0, 0.1) is 5.92 Å². The Hall–Kier alpha value is -2.35. The summed E-state index contributed by atoms with van der Waals surface area (Å²) in [5.41, 5.74) is -0.217. The van der Waals surface area contributed by atoms with Crippen LogP contribution < -0.4 is 15.0 Å². The number of nitrogens with one attached hydrogen (secondary N) is 1. The Labute approximate surface area is 165 Å². The summed E-state index contributed by atoms with van der Waals surface area (Å²) in [5.74, 6) is 1.81. The minimum Gasteiger partial charge on any atom is -0.492 e. The van der Waals surface area contributed by atoms with Crippen LogP contribution in [0.4, 0.5) is 10.6 Å². The van der Waals surface area contributed by atoms with Gasteiger partial charge in [0.25, 0.3) is 0 Å². The molecule has 1 aliphatic carbocycles. The Morgan fingerprint density at radius 3 is 2.71 bits per heavy atom. The van der Waals surface area contributed by atoms with Crippen molar-refractivity contribution in [3.05, 3.63) is 18.3 Å². The number of likely N-dealkylation sites (tertiary alicyclic amines) is 1. The van der Waals surface area contributed by atoms with Gasteiger partial charge in [0.15, 0.2) is 0 Å². The molecule has 2 aliphatic heterocycles. The van der Waals surface area contributed by atoms with Crippen LogP contribution in [0.2, 0.25) is 0 Å². The van der Waals surface area contributed by atoms with E-state index in [1.54, 1.807) is 16.0 Å². The lowest BCUT2D eigenvalue weighted by Crippen LogP contribution is -2.48. The highest BCUT2D eigenvalue weighted by Gasteiger charge is 2.43. The number of nitrogens with zero attached hydrogens (tertiary/aromatic N) is 3. The average Bonchev–Trinajstić information content (AvgIpc) is 3.44. The number of aromatic nitrogens is 1. The molecule has 4 rings (SSSR count). The zero-order chi connectivity index (χ0) is 19.6. The van der Waals surface area contributed by atoms with E-state index in [1.165, 1.54) is 0 Å². The summed E-state index contributed by atoms with van der Waals surface area (Å²) >= 11 is 0. The number of carbonyl (C=O) groups excluding carboxylic acids is 2. The van der Waals surface area contributed by atoms with Crippen molar-refractivity contribution in [2.24, 2.45) is 5.92 Å². The maximum atomic E-state index is 12.2. The largest absolute Gasteiger partial charge is 0.492 e. The van der Waals surface area contributed by atoms with E-state index < -0.39 is 0 Å². The summed E-state index contributed by atoms with van der Waals surface area (Å²) in [6.07, 6.45) is 5.26. The summed E-state index contributed by atoms with van der Waals surface area (Å²) in [7, 11) is 0. The molecule has 8 heteroatoms. The maximum absolute atomic E-state index is 12.2. The predicted octanol–water partition coefficient (Wildman–Crippen LogP) is 1.80. The molecule has 0 unspecified atom stereocenters. The van der Waals surface area contributed by atoms with Gasteiger partial charge in [-0.1, -0.05) is 0 Å².